The average molecular weight is 246 g/mol. The van der Waals surface area contributed by atoms with Crippen LogP contribution in [0.15, 0.2) is 18.2 Å². The molecule has 0 aliphatic heterocycles. The zero-order valence-corrected chi connectivity index (χ0v) is 10.2. The Morgan fingerprint density at radius 1 is 1.33 bits per heavy atom. The highest BCUT2D eigenvalue weighted by Crippen LogP contribution is 2.23. The molecule has 0 atom stereocenters. The highest BCUT2D eigenvalue weighted by Gasteiger charge is 2.18. The number of benzene rings is 1. The van der Waals surface area contributed by atoms with Gasteiger partial charge in [0.1, 0.15) is 0 Å². The van der Waals surface area contributed by atoms with E-state index in [1.165, 1.54) is 0 Å². The van der Waals surface area contributed by atoms with E-state index >= 15 is 0 Å². The van der Waals surface area contributed by atoms with Crippen molar-refractivity contribution in [2.75, 3.05) is 0 Å². The number of rotatable bonds is 3. The zero-order valence-electron chi connectivity index (χ0n) is 8.68. The summed E-state index contributed by atoms with van der Waals surface area (Å²) in [6.45, 7) is 3.62. The quantitative estimate of drug-likeness (QED) is 0.831. The fourth-order valence-corrected chi connectivity index (χ4v) is 1.48. The third kappa shape index (κ3) is 3.82. The summed E-state index contributed by atoms with van der Waals surface area (Å²) in [5.41, 5.74) is 5.80. The van der Waals surface area contributed by atoms with E-state index in [-0.39, 0.29) is 12.2 Å². The molecule has 0 bridgehead atoms. The van der Waals surface area contributed by atoms with Gasteiger partial charge in [0.25, 0.3) is 0 Å². The van der Waals surface area contributed by atoms with Crippen molar-refractivity contribution in [1.29, 1.82) is 0 Å². The Bertz CT molecular complexity index is 383. The molecule has 0 saturated carbocycles. The smallest absolute Gasteiger partial charge is 0.164 e. The van der Waals surface area contributed by atoms with Crippen LogP contribution < -0.4 is 5.73 Å². The maximum absolute atomic E-state index is 11.7. The van der Waals surface area contributed by atoms with Crippen LogP contribution in [0.25, 0.3) is 0 Å². The van der Waals surface area contributed by atoms with Gasteiger partial charge in [0.15, 0.2) is 5.78 Å². The van der Waals surface area contributed by atoms with Crippen molar-refractivity contribution < 1.29 is 4.79 Å². The predicted octanol–water partition coefficient (Wildman–Crippen LogP) is 3.30. The van der Waals surface area contributed by atoms with Gasteiger partial charge in [0, 0.05) is 17.5 Å². The molecule has 0 unspecified atom stereocenters. The van der Waals surface area contributed by atoms with E-state index in [0.29, 0.717) is 15.6 Å². The molecule has 2 N–H and O–H groups in total. The molecule has 0 radical (unpaired) electrons. The molecule has 15 heavy (non-hydrogen) atoms. The molecule has 0 spiro atoms. The summed E-state index contributed by atoms with van der Waals surface area (Å²) in [6.07, 6.45) is 0.283. The van der Waals surface area contributed by atoms with Crippen molar-refractivity contribution in [3.63, 3.8) is 0 Å². The summed E-state index contributed by atoms with van der Waals surface area (Å²) in [5, 5.41) is 0.831. The lowest BCUT2D eigenvalue weighted by atomic mass is 9.95. The first-order chi connectivity index (χ1) is 6.79. The normalized spacial score (nSPS) is 11.5. The van der Waals surface area contributed by atoms with Gasteiger partial charge in [0.2, 0.25) is 0 Å². The number of hydrogen-bond donors (Lipinski definition) is 1. The number of halogens is 2. The summed E-state index contributed by atoms with van der Waals surface area (Å²) in [5.74, 6) is -0.0268. The molecule has 1 aromatic rings. The Kier molecular flexibility index (Phi) is 3.77. The number of nitrogens with two attached hydrogens (primary N) is 1. The van der Waals surface area contributed by atoms with Crippen LogP contribution in [0.2, 0.25) is 10.0 Å². The van der Waals surface area contributed by atoms with Crippen LogP contribution in [0.1, 0.15) is 30.6 Å². The average Bonchev–Trinajstić information content (AvgIpc) is 2.06. The number of carbonyl (C=O) groups is 1. The van der Waals surface area contributed by atoms with E-state index in [1.54, 1.807) is 18.2 Å². The largest absolute Gasteiger partial charge is 0.325 e. The molecule has 0 fully saturated rings. The number of carbonyl (C=O) groups excluding carboxylic acids is 1. The number of hydrogen-bond acceptors (Lipinski definition) is 2. The minimum absolute atomic E-state index is 0.0268. The van der Waals surface area contributed by atoms with Crippen molar-refractivity contribution in [3.8, 4) is 0 Å². The summed E-state index contributed by atoms with van der Waals surface area (Å²) in [4.78, 5) is 11.7. The predicted molar refractivity (Wildman–Crippen MR) is 63.7 cm³/mol. The summed E-state index contributed by atoms with van der Waals surface area (Å²) >= 11 is 11.6. The molecule has 1 rings (SSSR count). The molecule has 0 aliphatic rings. The second kappa shape index (κ2) is 4.52. The second-order valence-corrected chi connectivity index (χ2v) is 5.03. The molecular weight excluding hydrogens is 233 g/mol. The topological polar surface area (TPSA) is 43.1 Å². The van der Waals surface area contributed by atoms with Gasteiger partial charge in [-0.25, -0.2) is 0 Å². The molecule has 82 valence electrons. The highest BCUT2D eigenvalue weighted by atomic mass is 35.5. The molecule has 0 saturated heterocycles. The highest BCUT2D eigenvalue weighted by molar-refractivity contribution is 6.42. The van der Waals surface area contributed by atoms with Gasteiger partial charge < -0.3 is 5.73 Å². The van der Waals surface area contributed by atoms with E-state index in [0.717, 1.165) is 0 Å². The molecule has 1 aromatic carbocycles. The minimum atomic E-state index is -0.511. The van der Waals surface area contributed by atoms with E-state index in [9.17, 15) is 4.79 Å². The van der Waals surface area contributed by atoms with Crippen molar-refractivity contribution in [1.82, 2.24) is 0 Å². The summed E-state index contributed by atoms with van der Waals surface area (Å²) < 4.78 is 0. The van der Waals surface area contributed by atoms with Crippen molar-refractivity contribution in [3.05, 3.63) is 33.8 Å². The SMILES string of the molecule is CC(C)(N)CC(=O)c1ccc(Cl)c(Cl)c1. The number of ketones is 1. The molecule has 4 heteroatoms. The van der Waals surface area contributed by atoms with Gasteiger partial charge in [-0.3, -0.25) is 4.79 Å². The fraction of sp³-hybridized carbons (Fsp3) is 0.364. The fourth-order valence-electron chi connectivity index (χ4n) is 1.19. The summed E-state index contributed by atoms with van der Waals surface area (Å²) in [6, 6.07) is 4.83. The van der Waals surface area contributed by atoms with Gasteiger partial charge in [-0.15, -0.1) is 0 Å². The van der Waals surface area contributed by atoms with Crippen molar-refractivity contribution in [2.45, 2.75) is 25.8 Å². The second-order valence-electron chi connectivity index (χ2n) is 4.22. The maximum Gasteiger partial charge on any atom is 0.164 e. The first-order valence-corrected chi connectivity index (χ1v) is 5.32. The Morgan fingerprint density at radius 3 is 2.40 bits per heavy atom. The van der Waals surface area contributed by atoms with Crippen LogP contribution in [0, 0.1) is 0 Å². The van der Waals surface area contributed by atoms with Crippen LogP contribution in [-0.4, -0.2) is 11.3 Å². The molecular formula is C11H13Cl2NO. The lowest BCUT2D eigenvalue weighted by molar-refractivity contribution is 0.0960. The van der Waals surface area contributed by atoms with Crippen LogP contribution in [-0.2, 0) is 0 Å². The van der Waals surface area contributed by atoms with Crippen molar-refractivity contribution >= 4 is 29.0 Å². The van der Waals surface area contributed by atoms with E-state index in [1.807, 2.05) is 13.8 Å². The standard InChI is InChI=1S/C11H13Cl2NO/c1-11(2,14)6-10(15)7-3-4-8(12)9(13)5-7/h3-5H,6,14H2,1-2H3. The minimum Gasteiger partial charge on any atom is -0.325 e. The molecule has 0 amide bonds. The van der Waals surface area contributed by atoms with Crippen LogP contribution in [0.3, 0.4) is 0 Å². The van der Waals surface area contributed by atoms with Gasteiger partial charge in [-0.1, -0.05) is 23.2 Å². The van der Waals surface area contributed by atoms with Gasteiger partial charge in [0.05, 0.1) is 10.0 Å². The lowest BCUT2D eigenvalue weighted by Gasteiger charge is -2.17. The lowest BCUT2D eigenvalue weighted by Crippen LogP contribution is -2.34. The van der Waals surface area contributed by atoms with Gasteiger partial charge in [-0.2, -0.15) is 0 Å². The third-order valence-corrected chi connectivity index (χ3v) is 2.60. The van der Waals surface area contributed by atoms with E-state index < -0.39 is 5.54 Å². The first kappa shape index (κ1) is 12.5. The summed E-state index contributed by atoms with van der Waals surface area (Å²) in [7, 11) is 0. The van der Waals surface area contributed by atoms with Crippen molar-refractivity contribution in [2.24, 2.45) is 5.73 Å². The van der Waals surface area contributed by atoms with Gasteiger partial charge in [-0.05, 0) is 32.0 Å². The first-order valence-electron chi connectivity index (χ1n) is 4.57. The Labute approximate surface area is 99.4 Å². The van der Waals surface area contributed by atoms with Crippen LogP contribution in [0.4, 0.5) is 0 Å². The molecule has 0 aromatic heterocycles. The maximum atomic E-state index is 11.7. The van der Waals surface area contributed by atoms with E-state index in [4.69, 9.17) is 28.9 Å². The van der Waals surface area contributed by atoms with E-state index in [2.05, 4.69) is 0 Å². The Morgan fingerprint density at radius 2 is 1.93 bits per heavy atom. The Hall–Kier alpha value is -0.570. The number of Topliss-reactive ketones (excluding diaryl/α,β-unsaturated/α-hetero) is 1. The third-order valence-electron chi connectivity index (χ3n) is 1.86. The van der Waals surface area contributed by atoms with Crippen LogP contribution >= 0.6 is 23.2 Å². The molecule has 2 nitrogen and oxygen atoms in total. The van der Waals surface area contributed by atoms with Gasteiger partial charge >= 0.3 is 0 Å². The molecule has 0 aliphatic carbocycles. The molecule has 0 heterocycles. The zero-order chi connectivity index (χ0) is 11.6. The monoisotopic (exact) mass is 245 g/mol. The Balaban J connectivity index is 2.88. The van der Waals surface area contributed by atoms with Crippen LogP contribution in [0.5, 0.6) is 0 Å².